The molecule has 7 nitrogen and oxygen atoms in total. The van der Waals surface area contributed by atoms with Gasteiger partial charge in [0.1, 0.15) is 5.60 Å². The van der Waals surface area contributed by atoms with Crippen LogP contribution in [0.2, 0.25) is 5.02 Å². The highest BCUT2D eigenvalue weighted by Gasteiger charge is 2.32. The summed E-state index contributed by atoms with van der Waals surface area (Å²) in [6.07, 6.45) is -0.835. The number of nitrogens with one attached hydrogen (secondary N) is 1. The van der Waals surface area contributed by atoms with Crippen LogP contribution >= 0.6 is 11.6 Å². The van der Waals surface area contributed by atoms with E-state index in [1.807, 2.05) is 0 Å². The SMILES string of the molecule is CC(C)(C)OC(=O)NC(O)(CN=[N+]=[N-])c1cccc(Cl)c1. The van der Waals surface area contributed by atoms with Gasteiger partial charge in [0.15, 0.2) is 5.72 Å². The molecule has 0 spiro atoms. The van der Waals surface area contributed by atoms with Gasteiger partial charge in [-0.05, 0) is 38.4 Å². The standard InChI is InChI=1S/C13H17ClN4O3/c1-12(2,3)21-11(19)17-13(20,8-16-18-15)9-5-4-6-10(14)7-9/h4-7,20H,8H2,1-3H3,(H,17,19). The fraction of sp³-hybridized carbons (Fsp3) is 0.462. The molecule has 0 bridgehead atoms. The van der Waals surface area contributed by atoms with Crippen molar-refractivity contribution in [3.05, 3.63) is 45.3 Å². The molecule has 1 atom stereocenters. The molecule has 1 rings (SSSR count). The summed E-state index contributed by atoms with van der Waals surface area (Å²) < 4.78 is 5.09. The van der Waals surface area contributed by atoms with Gasteiger partial charge < -0.3 is 9.84 Å². The van der Waals surface area contributed by atoms with E-state index >= 15 is 0 Å². The van der Waals surface area contributed by atoms with Gasteiger partial charge in [0.25, 0.3) is 0 Å². The Hall–Kier alpha value is -1.95. The Labute approximate surface area is 127 Å². The summed E-state index contributed by atoms with van der Waals surface area (Å²) in [5.74, 6) is 0. The molecule has 114 valence electrons. The summed E-state index contributed by atoms with van der Waals surface area (Å²) in [5, 5.41) is 16.6. The van der Waals surface area contributed by atoms with Gasteiger partial charge in [-0.25, -0.2) is 4.79 Å². The molecular formula is C13H17ClN4O3. The number of hydrogen-bond donors (Lipinski definition) is 2. The predicted octanol–water partition coefficient (Wildman–Crippen LogP) is 3.32. The van der Waals surface area contributed by atoms with Gasteiger partial charge in [-0.1, -0.05) is 28.8 Å². The first-order chi connectivity index (χ1) is 9.66. The lowest BCUT2D eigenvalue weighted by atomic mass is 10.0. The first kappa shape index (κ1) is 17.1. The number of carbonyl (C=O) groups is 1. The van der Waals surface area contributed by atoms with Crippen molar-refractivity contribution in [2.75, 3.05) is 6.54 Å². The topological polar surface area (TPSA) is 107 Å². The molecule has 21 heavy (non-hydrogen) atoms. The number of alkyl carbamates (subject to hydrolysis) is 1. The average Bonchev–Trinajstić information content (AvgIpc) is 2.34. The van der Waals surface area contributed by atoms with Crippen molar-refractivity contribution < 1.29 is 14.6 Å². The molecule has 0 aliphatic rings. The number of amides is 1. The van der Waals surface area contributed by atoms with Crippen LogP contribution in [0.4, 0.5) is 4.79 Å². The van der Waals surface area contributed by atoms with Crippen molar-refractivity contribution in [1.29, 1.82) is 0 Å². The van der Waals surface area contributed by atoms with Crippen LogP contribution < -0.4 is 5.32 Å². The zero-order valence-electron chi connectivity index (χ0n) is 12.0. The van der Waals surface area contributed by atoms with Gasteiger partial charge in [0.05, 0.1) is 6.54 Å². The maximum Gasteiger partial charge on any atom is 0.410 e. The Morgan fingerprint density at radius 1 is 1.52 bits per heavy atom. The van der Waals surface area contributed by atoms with E-state index in [2.05, 4.69) is 15.3 Å². The molecule has 0 heterocycles. The van der Waals surface area contributed by atoms with Gasteiger partial charge in [-0.2, -0.15) is 0 Å². The zero-order valence-corrected chi connectivity index (χ0v) is 12.8. The van der Waals surface area contributed by atoms with E-state index in [0.29, 0.717) is 5.02 Å². The lowest BCUT2D eigenvalue weighted by Gasteiger charge is -2.30. The molecule has 0 aromatic heterocycles. The number of nitrogens with zero attached hydrogens (tertiary/aromatic N) is 3. The van der Waals surface area contributed by atoms with Gasteiger partial charge in [-0.3, -0.25) is 5.32 Å². The van der Waals surface area contributed by atoms with Gasteiger partial charge in [0.2, 0.25) is 0 Å². The van der Waals surface area contributed by atoms with E-state index in [4.69, 9.17) is 21.9 Å². The lowest BCUT2D eigenvalue weighted by molar-refractivity contribution is -0.0116. The van der Waals surface area contributed by atoms with E-state index in [1.54, 1.807) is 39.0 Å². The van der Waals surface area contributed by atoms with Crippen molar-refractivity contribution in [3.8, 4) is 0 Å². The van der Waals surface area contributed by atoms with Crippen LogP contribution in [0.5, 0.6) is 0 Å². The smallest absolute Gasteiger partial charge is 0.410 e. The predicted molar refractivity (Wildman–Crippen MR) is 78.7 cm³/mol. The van der Waals surface area contributed by atoms with Crippen LogP contribution in [0.15, 0.2) is 29.4 Å². The zero-order chi connectivity index (χ0) is 16.1. The van der Waals surface area contributed by atoms with Gasteiger partial charge in [0, 0.05) is 15.5 Å². The summed E-state index contributed by atoms with van der Waals surface area (Å²) >= 11 is 5.87. The Morgan fingerprint density at radius 3 is 2.71 bits per heavy atom. The normalized spacial score (nSPS) is 13.8. The van der Waals surface area contributed by atoms with Crippen molar-refractivity contribution in [1.82, 2.24) is 5.32 Å². The highest BCUT2D eigenvalue weighted by atomic mass is 35.5. The van der Waals surface area contributed by atoms with Gasteiger partial charge in [-0.15, -0.1) is 0 Å². The molecule has 0 saturated carbocycles. The van der Waals surface area contributed by atoms with Crippen LogP contribution in [0.1, 0.15) is 26.3 Å². The summed E-state index contributed by atoms with van der Waals surface area (Å²) in [4.78, 5) is 14.4. The molecule has 1 aromatic rings. The molecule has 0 saturated heterocycles. The maximum absolute atomic E-state index is 11.8. The molecule has 0 aliphatic heterocycles. The minimum Gasteiger partial charge on any atom is -0.444 e. The Kier molecular flexibility index (Phi) is 5.43. The third kappa shape index (κ3) is 5.51. The molecule has 1 unspecified atom stereocenters. The van der Waals surface area contributed by atoms with Gasteiger partial charge >= 0.3 is 6.09 Å². The van der Waals surface area contributed by atoms with E-state index in [1.165, 1.54) is 6.07 Å². The Bertz CT molecular complexity index is 567. The van der Waals surface area contributed by atoms with E-state index in [0.717, 1.165) is 0 Å². The molecular weight excluding hydrogens is 296 g/mol. The van der Waals surface area contributed by atoms with E-state index in [-0.39, 0.29) is 5.56 Å². The first-order valence-electron chi connectivity index (χ1n) is 6.17. The number of azide groups is 1. The van der Waals surface area contributed by atoms with Crippen LogP contribution in [0, 0.1) is 0 Å². The maximum atomic E-state index is 11.8. The van der Waals surface area contributed by atoms with Crippen molar-refractivity contribution >= 4 is 17.7 Å². The number of ether oxygens (including phenoxy) is 1. The minimum absolute atomic E-state index is 0.285. The number of hydrogen-bond acceptors (Lipinski definition) is 4. The summed E-state index contributed by atoms with van der Waals surface area (Å²) in [5.41, 5.74) is 6.09. The van der Waals surface area contributed by atoms with Crippen LogP contribution in [-0.2, 0) is 10.5 Å². The first-order valence-corrected chi connectivity index (χ1v) is 6.54. The summed E-state index contributed by atoms with van der Waals surface area (Å²) in [7, 11) is 0. The third-order valence-corrected chi connectivity index (χ3v) is 2.61. The Morgan fingerprint density at radius 2 is 2.19 bits per heavy atom. The molecule has 2 N–H and O–H groups in total. The number of aliphatic hydroxyl groups is 1. The monoisotopic (exact) mass is 312 g/mol. The van der Waals surface area contributed by atoms with Crippen molar-refractivity contribution in [2.45, 2.75) is 32.1 Å². The van der Waals surface area contributed by atoms with E-state index in [9.17, 15) is 9.90 Å². The average molecular weight is 313 g/mol. The fourth-order valence-electron chi connectivity index (χ4n) is 1.56. The third-order valence-electron chi connectivity index (χ3n) is 2.37. The number of carbonyl (C=O) groups excluding carboxylic acids is 1. The molecule has 1 amide bonds. The van der Waals surface area contributed by atoms with Crippen LogP contribution in [0.3, 0.4) is 0 Å². The second kappa shape index (κ2) is 6.67. The second-order valence-corrected chi connectivity index (χ2v) is 5.82. The highest BCUT2D eigenvalue weighted by Crippen LogP contribution is 2.23. The van der Waals surface area contributed by atoms with Crippen molar-refractivity contribution in [2.24, 2.45) is 5.11 Å². The Balaban J connectivity index is 3.04. The fourth-order valence-corrected chi connectivity index (χ4v) is 1.75. The summed E-state index contributed by atoms with van der Waals surface area (Å²) in [6, 6.07) is 6.24. The molecule has 0 aliphatic carbocycles. The lowest BCUT2D eigenvalue weighted by Crippen LogP contribution is -2.49. The quantitative estimate of drug-likeness (QED) is 0.385. The molecule has 8 heteroatoms. The number of benzene rings is 1. The summed E-state index contributed by atoms with van der Waals surface area (Å²) in [6.45, 7) is 4.68. The minimum atomic E-state index is -1.90. The second-order valence-electron chi connectivity index (χ2n) is 5.39. The highest BCUT2D eigenvalue weighted by molar-refractivity contribution is 6.30. The molecule has 1 aromatic carbocycles. The number of halogens is 1. The molecule has 0 radical (unpaired) electrons. The van der Waals surface area contributed by atoms with Crippen molar-refractivity contribution in [3.63, 3.8) is 0 Å². The van der Waals surface area contributed by atoms with E-state index < -0.39 is 24.0 Å². The van der Waals surface area contributed by atoms with Crippen LogP contribution in [0.25, 0.3) is 10.4 Å². The largest absolute Gasteiger partial charge is 0.444 e. The van der Waals surface area contributed by atoms with Crippen LogP contribution in [-0.4, -0.2) is 23.3 Å². The number of rotatable bonds is 4. The molecule has 0 fully saturated rings.